The highest BCUT2D eigenvalue weighted by Gasteiger charge is 2.38. The molecule has 0 bridgehead atoms. The SMILES string of the molecule is O=NCC1OC(n2cc(F)c3c(-c4cccs4)ncnc32)C[C@@H]1N=O. The van der Waals surface area contributed by atoms with Crippen LogP contribution in [0.4, 0.5) is 4.39 Å². The highest BCUT2D eigenvalue weighted by Crippen LogP contribution is 2.37. The van der Waals surface area contributed by atoms with Crippen LogP contribution >= 0.6 is 11.3 Å². The van der Waals surface area contributed by atoms with E-state index in [1.165, 1.54) is 28.4 Å². The molecule has 1 saturated heterocycles. The van der Waals surface area contributed by atoms with Crippen molar-refractivity contribution in [3.63, 3.8) is 0 Å². The second-order valence-corrected chi connectivity index (χ2v) is 6.58. The maximum atomic E-state index is 14.6. The number of rotatable bonds is 5. The highest BCUT2D eigenvalue weighted by atomic mass is 32.1. The lowest BCUT2D eigenvalue weighted by Crippen LogP contribution is -2.22. The van der Waals surface area contributed by atoms with Gasteiger partial charge in [0.2, 0.25) is 0 Å². The molecule has 3 atom stereocenters. The number of ether oxygens (including phenoxy) is 1. The normalized spacial score (nSPS) is 23.2. The summed E-state index contributed by atoms with van der Waals surface area (Å²) >= 11 is 1.45. The number of fused-ring (bicyclic) bond motifs is 1. The Morgan fingerprint density at radius 1 is 1.40 bits per heavy atom. The lowest BCUT2D eigenvalue weighted by atomic mass is 10.1. The molecule has 0 N–H and O–H groups in total. The third-order valence-corrected chi connectivity index (χ3v) is 5.10. The molecule has 1 fully saturated rings. The molecule has 2 unspecified atom stereocenters. The lowest BCUT2D eigenvalue weighted by molar-refractivity contribution is 0.00679. The van der Waals surface area contributed by atoms with E-state index in [0.717, 1.165) is 4.88 Å². The van der Waals surface area contributed by atoms with Crippen LogP contribution in [0, 0.1) is 15.6 Å². The first kappa shape index (κ1) is 15.9. The van der Waals surface area contributed by atoms with Crippen molar-refractivity contribution in [1.29, 1.82) is 0 Å². The molecule has 0 amide bonds. The zero-order valence-electron chi connectivity index (χ0n) is 12.8. The van der Waals surface area contributed by atoms with E-state index in [1.807, 2.05) is 17.5 Å². The summed E-state index contributed by atoms with van der Waals surface area (Å²) in [6.45, 7) is -0.177. The predicted molar refractivity (Wildman–Crippen MR) is 89.6 cm³/mol. The zero-order valence-corrected chi connectivity index (χ0v) is 13.6. The molecule has 3 aromatic heterocycles. The van der Waals surface area contributed by atoms with Crippen LogP contribution in [0.2, 0.25) is 0 Å². The minimum absolute atomic E-state index is 0.177. The fourth-order valence-electron chi connectivity index (χ4n) is 3.09. The summed E-state index contributed by atoms with van der Waals surface area (Å²) in [5.74, 6) is -0.477. The van der Waals surface area contributed by atoms with Crippen LogP contribution in [0.5, 0.6) is 0 Å². The molecule has 1 aliphatic rings. The van der Waals surface area contributed by atoms with Crippen LogP contribution in [0.25, 0.3) is 21.6 Å². The Morgan fingerprint density at radius 2 is 2.28 bits per heavy atom. The Morgan fingerprint density at radius 3 is 3.00 bits per heavy atom. The Kier molecular flexibility index (Phi) is 4.06. The molecule has 0 aromatic carbocycles. The van der Waals surface area contributed by atoms with Gasteiger partial charge in [-0.2, -0.15) is 9.81 Å². The van der Waals surface area contributed by atoms with Gasteiger partial charge in [-0.25, -0.2) is 14.4 Å². The molecule has 3 aromatic rings. The minimum Gasteiger partial charge on any atom is -0.350 e. The number of nitroso groups, excluding NO2 is 2. The molecule has 0 radical (unpaired) electrons. The van der Waals surface area contributed by atoms with Gasteiger partial charge < -0.3 is 9.30 Å². The Bertz CT molecular complexity index is 929. The molecule has 0 aliphatic carbocycles. The van der Waals surface area contributed by atoms with Gasteiger partial charge in [-0.05, 0) is 11.4 Å². The molecule has 0 saturated carbocycles. The standard InChI is InChI=1S/C15H12FN5O3S/c16-8-6-21(12-4-9(20-23)10(24-12)5-19-22)15-13(8)14(17-7-18-15)11-2-1-3-25-11/h1-3,6-7,9-10,12H,4-5H2/t9-,10?,12?/m0/s1. The fourth-order valence-corrected chi connectivity index (χ4v) is 3.82. The van der Waals surface area contributed by atoms with E-state index < -0.39 is 24.2 Å². The van der Waals surface area contributed by atoms with Gasteiger partial charge >= 0.3 is 0 Å². The summed E-state index contributed by atoms with van der Waals surface area (Å²) in [4.78, 5) is 30.7. The largest absolute Gasteiger partial charge is 0.350 e. The van der Waals surface area contributed by atoms with Crippen LogP contribution in [0.3, 0.4) is 0 Å². The number of aromatic nitrogens is 3. The summed E-state index contributed by atoms with van der Waals surface area (Å²) in [5, 5.41) is 7.95. The van der Waals surface area contributed by atoms with E-state index >= 15 is 0 Å². The van der Waals surface area contributed by atoms with Crippen molar-refractivity contribution in [2.75, 3.05) is 6.54 Å². The fraction of sp³-hybridized carbons (Fsp3) is 0.333. The predicted octanol–water partition coefficient (Wildman–Crippen LogP) is 3.49. The summed E-state index contributed by atoms with van der Waals surface area (Å²) in [6.07, 6.45) is 1.51. The second-order valence-electron chi connectivity index (χ2n) is 5.63. The van der Waals surface area contributed by atoms with E-state index in [2.05, 4.69) is 20.3 Å². The van der Waals surface area contributed by atoms with Gasteiger partial charge in [-0.1, -0.05) is 16.4 Å². The van der Waals surface area contributed by atoms with Gasteiger partial charge in [0.1, 0.15) is 36.9 Å². The third-order valence-electron chi connectivity index (χ3n) is 4.22. The highest BCUT2D eigenvalue weighted by molar-refractivity contribution is 7.13. The summed E-state index contributed by atoms with van der Waals surface area (Å²) in [6, 6.07) is 3.01. The first-order chi connectivity index (χ1) is 12.2. The van der Waals surface area contributed by atoms with E-state index in [9.17, 15) is 14.2 Å². The Hall–Kier alpha value is -2.59. The van der Waals surface area contributed by atoms with Crippen molar-refractivity contribution in [2.24, 2.45) is 10.4 Å². The maximum Gasteiger partial charge on any atom is 0.152 e. The van der Waals surface area contributed by atoms with Gasteiger partial charge in [0, 0.05) is 12.6 Å². The topological polar surface area (TPSA) is 98.8 Å². The maximum absolute atomic E-state index is 14.6. The molecule has 0 spiro atoms. The molecule has 1 aliphatic heterocycles. The number of hydrogen-bond donors (Lipinski definition) is 0. The molecule has 10 heteroatoms. The third kappa shape index (κ3) is 2.63. The van der Waals surface area contributed by atoms with E-state index in [1.54, 1.807) is 0 Å². The van der Waals surface area contributed by atoms with Crippen molar-refractivity contribution < 1.29 is 9.13 Å². The molecule has 4 rings (SSSR count). The van der Waals surface area contributed by atoms with Crippen LogP contribution in [-0.4, -0.2) is 33.2 Å². The summed E-state index contributed by atoms with van der Waals surface area (Å²) < 4.78 is 21.8. The number of hydrogen-bond acceptors (Lipinski definition) is 8. The van der Waals surface area contributed by atoms with Crippen LogP contribution in [0.1, 0.15) is 12.6 Å². The molecular formula is C15H12FN5O3S. The van der Waals surface area contributed by atoms with E-state index in [0.29, 0.717) is 16.7 Å². The van der Waals surface area contributed by atoms with Crippen molar-refractivity contribution >= 4 is 22.4 Å². The number of nitrogens with zero attached hydrogens (tertiary/aromatic N) is 5. The smallest absolute Gasteiger partial charge is 0.152 e. The zero-order chi connectivity index (χ0) is 17.4. The van der Waals surface area contributed by atoms with Gasteiger partial charge in [0.25, 0.3) is 0 Å². The van der Waals surface area contributed by atoms with Crippen LogP contribution < -0.4 is 0 Å². The molecule has 128 valence electrons. The average molecular weight is 361 g/mol. The average Bonchev–Trinajstić information content (AvgIpc) is 3.34. The van der Waals surface area contributed by atoms with Crippen LogP contribution in [0.15, 0.2) is 40.4 Å². The van der Waals surface area contributed by atoms with Crippen molar-refractivity contribution in [3.05, 3.63) is 45.7 Å². The van der Waals surface area contributed by atoms with Gasteiger partial charge in [0.05, 0.1) is 16.0 Å². The summed E-state index contributed by atoms with van der Waals surface area (Å²) in [5.41, 5.74) is 0.871. The van der Waals surface area contributed by atoms with Crippen molar-refractivity contribution in [3.8, 4) is 10.6 Å². The first-order valence-corrected chi connectivity index (χ1v) is 8.43. The number of thiophene rings is 1. The number of halogens is 1. The molecule has 25 heavy (non-hydrogen) atoms. The van der Waals surface area contributed by atoms with Gasteiger partial charge in [-0.15, -0.1) is 11.3 Å². The van der Waals surface area contributed by atoms with E-state index in [4.69, 9.17) is 4.74 Å². The monoisotopic (exact) mass is 361 g/mol. The Balaban J connectivity index is 1.78. The van der Waals surface area contributed by atoms with E-state index in [-0.39, 0.29) is 13.0 Å². The molecule has 8 nitrogen and oxygen atoms in total. The lowest BCUT2D eigenvalue weighted by Gasteiger charge is -2.14. The van der Waals surface area contributed by atoms with Crippen molar-refractivity contribution in [2.45, 2.75) is 24.8 Å². The quantitative estimate of drug-likeness (QED) is 0.648. The first-order valence-electron chi connectivity index (χ1n) is 7.55. The minimum atomic E-state index is -0.709. The summed E-state index contributed by atoms with van der Waals surface area (Å²) in [7, 11) is 0. The van der Waals surface area contributed by atoms with Gasteiger partial charge in [0.15, 0.2) is 5.82 Å². The molecular weight excluding hydrogens is 349 g/mol. The van der Waals surface area contributed by atoms with Gasteiger partial charge in [-0.3, -0.25) is 0 Å². The second kappa shape index (κ2) is 6.37. The van der Waals surface area contributed by atoms with Crippen molar-refractivity contribution in [1.82, 2.24) is 14.5 Å². The van der Waals surface area contributed by atoms with Crippen LogP contribution in [-0.2, 0) is 4.74 Å². The molecule has 4 heterocycles. The Labute approximate surface area is 144 Å².